The molecule has 0 fully saturated rings. The monoisotopic (exact) mass is 815 g/mol. The molecule has 0 N–H and O–H groups in total. The van der Waals surface area contributed by atoms with Crippen LogP contribution in [-0.2, 0) is 0 Å². The Bertz CT molecular complexity index is 3460. The fraction of sp³-hybridized carbons (Fsp3) is 0. The Hall–Kier alpha value is -8.67. The van der Waals surface area contributed by atoms with Gasteiger partial charge >= 0.3 is 0 Å². The van der Waals surface area contributed by atoms with E-state index >= 15 is 0 Å². The molecule has 0 aliphatic rings. The van der Waals surface area contributed by atoms with E-state index < -0.39 is 0 Å². The van der Waals surface area contributed by atoms with E-state index in [-0.39, 0.29) is 0 Å². The lowest BCUT2D eigenvalue weighted by atomic mass is 9.98. The van der Waals surface area contributed by atoms with Crippen molar-refractivity contribution in [3.05, 3.63) is 224 Å². The quantitative estimate of drug-likeness (QED) is 0.150. The van der Waals surface area contributed by atoms with Gasteiger partial charge in [-0.15, -0.1) is 0 Å². The van der Waals surface area contributed by atoms with Crippen LogP contribution >= 0.6 is 0 Å². The number of benzene rings is 9. The fourth-order valence-electron chi connectivity index (χ4n) is 8.65. The number of pyridine rings is 2. The van der Waals surface area contributed by atoms with Gasteiger partial charge in [-0.05, 0) is 98.4 Å². The van der Waals surface area contributed by atoms with E-state index in [9.17, 15) is 0 Å². The van der Waals surface area contributed by atoms with E-state index in [0.29, 0.717) is 17.5 Å². The molecule has 5 nitrogen and oxygen atoms in total. The highest BCUT2D eigenvalue weighted by molar-refractivity contribution is 5.99. The summed E-state index contributed by atoms with van der Waals surface area (Å²) in [5.74, 6) is 1.73. The molecule has 12 aromatic rings. The van der Waals surface area contributed by atoms with Crippen LogP contribution < -0.4 is 0 Å². The van der Waals surface area contributed by atoms with E-state index in [1.165, 1.54) is 10.8 Å². The summed E-state index contributed by atoms with van der Waals surface area (Å²) < 4.78 is 0. The molecule has 0 bridgehead atoms. The van der Waals surface area contributed by atoms with Crippen molar-refractivity contribution in [1.29, 1.82) is 0 Å². The van der Waals surface area contributed by atoms with Crippen molar-refractivity contribution in [1.82, 2.24) is 24.9 Å². The van der Waals surface area contributed by atoms with Gasteiger partial charge in [0.2, 0.25) is 0 Å². The first-order chi connectivity index (χ1) is 31.6. The van der Waals surface area contributed by atoms with E-state index in [4.69, 9.17) is 24.9 Å². The van der Waals surface area contributed by atoms with E-state index in [1.54, 1.807) is 0 Å². The molecular weight excluding hydrogens is 779 g/mol. The lowest BCUT2D eigenvalue weighted by molar-refractivity contribution is 1.07. The number of fused-ring (bicyclic) bond motifs is 4. The molecule has 3 heterocycles. The normalized spacial score (nSPS) is 11.4. The topological polar surface area (TPSA) is 64.5 Å². The highest BCUT2D eigenvalue weighted by atomic mass is 15.0. The first kappa shape index (κ1) is 37.1. The smallest absolute Gasteiger partial charge is 0.164 e. The van der Waals surface area contributed by atoms with Crippen LogP contribution in [-0.4, -0.2) is 24.9 Å². The van der Waals surface area contributed by atoms with Crippen LogP contribution in [0.3, 0.4) is 0 Å². The van der Waals surface area contributed by atoms with Gasteiger partial charge in [0, 0.05) is 38.6 Å². The zero-order valence-electron chi connectivity index (χ0n) is 34.6. The van der Waals surface area contributed by atoms with Crippen molar-refractivity contribution in [3.8, 4) is 78.9 Å². The minimum Gasteiger partial charge on any atom is -0.248 e. The Morgan fingerprint density at radius 2 is 0.516 bits per heavy atom. The number of aromatic nitrogens is 5. The first-order valence-electron chi connectivity index (χ1n) is 21.5. The summed E-state index contributed by atoms with van der Waals surface area (Å²) in [7, 11) is 0. The lowest BCUT2D eigenvalue weighted by Gasteiger charge is -2.13. The zero-order chi connectivity index (χ0) is 42.4. The SMILES string of the molecule is c1ccc(-c2ccc(-c3nc(-c4ccc(-c5ccccc5)cc4)nc(-c4cc(-c5ccc6cc7ccccc7cc6n5)cc(-c5ccc6cc7ccccc7cc6n5)c4)n3)cc2)cc1. The Morgan fingerprint density at radius 3 is 0.938 bits per heavy atom. The van der Waals surface area contributed by atoms with E-state index in [2.05, 4.69) is 212 Å². The van der Waals surface area contributed by atoms with Crippen LogP contribution in [0.4, 0.5) is 0 Å². The number of rotatable bonds is 7. The van der Waals surface area contributed by atoms with Gasteiger partial charge in [-0.25, -0.2) is 24.9 Å². The Kier molecular flexibility index (Phi) is 9.08. The minimum absolute atomic E-state index is 0.556. The van der Waals surface area contributed by atoms with Crippen LogP contribution in [0.2, 0.25) is 0 Å². The van der Waals surface area contributed by atoms with Crippen molar-refractivity contribution < 1.29 is 0 Å². The van der Waals surface area contributed by atoms with Crippen LogP contribution in [0.25, 0.3) is 122 Å². The fourth-order valence-corrected chi connectivity index (χ4v) is 8.65. The second-order valence-electron chi connectivity index (χ2n) is 16.2. The highest BCUT2D eigenvalue weighted by Gasteiger charge is 2.17. The second kappa shape index (κ2) is 15.7. The van der Waals surface area contributed by atoms with Gasteiger partial charge in [0.05, 0.1) is 22.4 Å². The predicted octanol–water partition coefficient (Wildman–Crippen LogP) is 14.9. The summed E-state index contributed by atoms with van der Waals surface area (Å²) in [6.45, 7) is 0. The van der Waals surface area contributed by atoms with E-state index in [1.807, 2.05) is 12.1 Å². The summed E-state index contributed by atoms with van der Waals surface area (Å²) in [6, 6.07) is 78.3. The van der Waals surface area contributed by atoms with Crippen LogP contribution in [0.5, 0.6) is 0 Å². The summed E-state index contributed by atoms with van der Waals surface area (Å²) in [4.78, 5) is 26.2. The van der Waals surface area contributed by atoms with Gasteiger partial charge in [0.25, 0.3) is 0 Å². The molecule has 0 aliphatic carbocycles. The largest absolute Gasteiger partial charge is 0.248 e. The summed E-state index contributed by atoms with van der Waals surface area (Å²) in [5.41, 5.74) is 12.6. The molecular formula is C59H37N5. The average molecular weight is 816 g/mol. The maximum Gasteiger partial charge on any atom is 0.164 e. The Morgan fingerprint density at radius 1 is 0.188 bits per heavy atom. The third-order valence-corrected chi connectivity index (χ3v) is 12.0. The summed E-state index contributed by atoms with van der Waals surface area (Å²) in [5, 5.41) is 6.86. The van der Waals surface area contributed by atoms with Gasteiger partial charge in [0.1, 0.15) is 0 Å². The van der Waals surface area contributed by atoms with Crippen LogP contribution in [0, 0.1) is 0 Å². The molecule has 9 aromatic carbocycles. The van der Waals surface area contributed by atoms with Crippen molar-refractivity contribution in [3.63, 3.8) is 0 Å². The second-order valence-corrected chi connectivity index (χ2v) is 16.2. The molecule has 0 spiro atoms. The molecule has 3 aromatic heterocycles. The Balaban J connectivity index is 1.04. The molecule has 5 heteroatoms. The number of hydrogen-bond acceptors (Lipinski definition) is 5. The molecule has 0 radical (unpaired) electrons. The first-order valence-corrected chi connectivity index (χ1v) is 21.5. The molecule has 64 heavy (non-hydrogen) atoms. The predicted molar refractivity (Wildman–Crippen MR) is 263 cm³/mol. The number of nitrogens with zero attached hydrogens (tertiary/aromatic N) is 5. The molecule has 0 amide bonds. The van der Waals surface area contributed by atoms with Crippen molar-refractivity contribution >= 4 is 43.4 Å². The van der Waals surface area contributed by atoms with Gasteiger partial charge in [-0.3, -0.25) is 0 Å². The third-order valence-electron chi connectivity index (χ3n) is 12.0. The van der Waals surface area contributed by atoms with Crippen molar-refractivity contribution in [2.24, 2.45) is 0 Å². The standard InChI is InChI=1S/C59H37N5/c1-3-11-38(12-4-1)40-19-23-42(24-20-40)57-62-58(43-25-21-41(22-26-43)39-13-5-2-6-14-39)64-59(63-57)52-34-50(53-29-27-48-31-44-15-7-9-17-46(44)36-55(48)60-53)33-51(35-52)54-30-28-49-32-45-16-8-10-18-47(45)37-56(49)61-54/h1-37H. The van der Waals surface area contributed by atoms with Gasteiger partial charge in [-0.1, -0.05) is 170 Å². The molecule has 0 saturated carbocycles. The average Bonchev–Trinajstić information content (AvgIpc) is 3.37. The highest BCUT2D eigenvalue weighted by Crippen LogP contribution is 2.35. The van der Waals surface area contributed by atoms with Gasteiger partial charge in [-0.2, -0.15) is 0 Å². The zero-order valence-corrected chi connectivity index (χ0v) is 34.6. The maximum atomic E-state index is 5.27. The van der Waals surface area contributed by atoms with Gasteiger partial charge in [0.15, 0.2) is 17.5 Å². The lowest BCUT2D eigenvalue weighted by Crippen LogP contribution is -2.01. The molecule has 0 unspecified atom stereocenters. The molecule has 0 saturated heterocycles. The van der Waals surface area contributed by atoms with Gasteiger partial charge < -0.3 is 0 Å². The number of hydrogen-bond donors (Lipinski definition) is 0. The Labute approximate surface area is 370 Å². The summed E-state index contributed by atoms with van der Waals surface area (Å²) in [6.07, 6.45) is 0. The molecule has 298 valence electrons. The third kappa shape index (κ3) is 7.11. The maximum absolute atomic E-state index is 5.27. The van der Waals surface area contributed by atoms with E-state index in [0.717, 1.165) is 94.0 Å². The minimum atomic E-state index is 0.556. The van der Waals surface area contributed by atoms with Crippen LogP contribution in [0.1, 0.15) is 0 Å². The molecule has 0 aliphatic heterocycles. The van der Waals surface area contributed by atoms with Crippen LogP contribution in [0.15, 0.2) is 224 Å². The summed E-state index contributed by atoms with van der Waals surface area (Å²) >= 11 is 0. The van der Waals surface area contributed by atoms with Crippen molar-refractivity contribution in [2.45, 2.75) is 0 Å². The van der Waals surface area contributed by atoms with Crippen molar-refractivity contribution in [2.75, 3.05) is 0 Å². The molecule has 12 rings (SSSR count). The molecule has 0 atom stereocenters.